The molecule has 0 bridgehead atoms. The second kappa shape index (κ2) is 5.83. The molecule has 0 saturated carbocycles. The number of rotatable bonds is 4. The number of hydrogen-bond donors (Lipinski definition) is 1. The lowest BCUT2D eigenvalue weighted by Crippen LogP contribution is -2.08. The first-order valence-corrected chi connectivity index (χ1v) is 6.42. The van der Waals surface area contributed by atoms with Crippen molar-refractivity contribution >= 4 is 0 Å². The largest absolute Gasteiger partial charge is 0.396 e. The molecule has 2 aromatic rings. The van der Waals surface area contributed by atoms with Gasteiger partial charge in [0.15, 0.2) is 0 Å². The minimum absolute atomic E-state index is 0.188. The van der Waals surface area contributed by atoms with E-state index in [-0.39, 0.29) is 12.5 Å². The normalized spacial score (nSPS) is 12.4. The van der Waals surface area contributed by atoms with Crippen LogP contribution in [0.3, 0.4) is 0 Å². The van der Waals surface area contributed by atoms with Crippen LogP contribution in [0.4, 0.5) is 0 Å². The maximum atomic E-state index is 9.59. The number of aliphatic hydroxyl groups excluding tert-OH is 1. The maximum Gasteiger partial charge on any atom is 0.0502 e. The Bertz CT molecular complexity index is 499. The van der Waals surface area contributed by atoms with Gasteiger partial charge in [-0.15, -0.1) is 0 Å². The van der Waals surface area contributed by atoms with Crippen molar-refractivity contribution in [2.75, 3.05) is 6.61 Å². The molecule has 1 nitrogen and oxygen atoms in total. The highest BCUT2D eigenvalue weighted by Crippen LogP contribution is 2.21. The Morgan fingerprint density at radius 3 is 2.28 bits per heavy atom. The standard InChI is InChI=1S/C17H20O/c1-13-6-8-15(9-7-13)11-17(12-18)16-5-3-4-14(2)10-16/h3-10,17-18H,11-12H2,1-2H3. The van der Waals surface area contributed by atoms with Crippen LogP contribution >= 0.6 is 0 Å². The molecule has 2 rings (SSSR count). The maximum absolute atomic E-state index is 9.59. The van der Waals surface area contributed by atoms with E-state index >= 15 is 0 Å². The summed E-state index contributed by atoms with van der Waals surface area (Å²) in [7, 11) is 0. The summed E-state index contributed by atoms with van der Waals surface area (Å²) in [5.41, 5.74) is 5.02. The highest BCUT2D eigenvalue weighted by atomic mass is 16.3. The Balaban J connectivity index is 2.17. The Morgan fingerprint density at radius 1 is 0.944 bits per heavy atom. The Morgan fingerprint density at radius 2 is 1.67 bits per heavy atom. The van der Waals surface area contributed by atoms with Gasteiger partial charge in [-0.05, 0) is 31.4 Å². The van der Waals surface area contributed by atoms with Gasteiger partial charge in [-0.2, -0.15) is 0 Å². The molecular weight excluding hydrogens is 220 g/mol. The predicted octanol–water partition coefficient (Wildman–Crippen LogP) is 3.62. The van der Waals surface area contributed by atoms with Crippen molar-refractivity contribution in [1.29, 1.82) is 0 Å². The first kappa shape index (κ1) is 12.8. The summed E-state index contributed by atoms with van der Waals surface area (Å²) in [6.45, 7) is 4.37. The van der Waals surface area contributed by atoms with Gasteiger partial charge in [0.25, 0.3) is 0 Å². The molecule has 0 radical (unpaired) electrons. The van der Waals surface area contributed by atoms with Crippen LogP contribution < -0.4 is 0 Å². The summed E-state index contributed by atoms with van der Waals surface area (Å²) in [6.07, 6.45) is 0.889. The fourth-order valence-electron chi connectivity index (χ4n) is 2.22. The SMILES string of the molecule is Cc1ccc(CC(CO)c2cccc(C)c2)cc1. The van der Waals surface area contributed by atoms with E-state index in [1.54, 1.807) is 0 Å². The minimum Gasteiger partial charge on any atom is -0.396 e. The van der Waals surface area contributed by atoms with Crippen molar-refractivity contribution in [1.82, 2.24) is 0 Å². The van der Waals surface area contributed by atoms with E-state index < -0.39 is 0 Å². The van der Waals surface area contributed by atoms with Crippen molar-refractivity contribution in [2.45, 2.75) is 26.2 Å². The minimum atomic E-state index is 0.188. The predicted molar refractivity (Wildman–Crippen MR) is 75.9 cm³/mol. The van der Waals surface area contributed by atoms with Crippen LogP contribution in [0.1, 0.15) is 28.2 Å². The monoisotopic (exact) mass is 240 g/mol. The van der Waals surface area contributed by atoms with E-state index in [4.69, 9.17) is 0 Å². The second-order valence-corrected chi connectivity index (χ2v) is 4.98. The summed E-state index contributed by atoms with van der Waals surface area (Å²) in [5.74, 6) is 0.188. The Labute approximate surface area is 109 Å². The summed E-state index contributed by atoms with van der Waals surface area (Å²) >= 11 is 0. The molecule has 0 aromatic heterocycles. The highest BCUT2D eigenvalue weighted by molar-refractivity contribution is 5.29. The summed E-state index contributed by atoms with van der Waals surface area (Å²) in [4.78, 5) is 0. The van der Waals surface area contributed by atoms with Crippen molar-refractivity contribution in [3.05, 3.63) is 70.8 Å². The fraction of sp³-hybridized carbons (Fsp3) is 0.294. The first-order valence-electron chi connectivity index (χ1n) is 6.42. The molecule has 0 heterocycles. The van der Waals surface area contributed by atoms with Gasteiger partial charge in [0.05, 0.1) is 6.61 Å². The number of aliphatic hydroxyl groups is 1. The Kier molecular flexibility index (Phi) is 4.16. The molecule has 0 aliphatic rings. The van der Waals surface area contributed by atoms with Crippen LogP contribution in [0, 0.1) is 13.8 Å². The van der Waals surface area contributed by atoms with Gasteiger partial charge < -0.3 is 5.11 Å². The lowest BCUT2D eigenvalue weighted by Gasteiger charge is -2.15. The van der Waals surface area contributed by atoms with Crippen LogP contribution in [-0.2, 0) is 6.42 Å². The zero-order valence-corrected chi connectivity index (χ0v) is 11.1. The lowest BCUT2D eigenvalue weighted by atomic mass is 9.91. The molecule has 0 saturated heterocycles. The molecular formula is C17H20O. The van der Waals surface area contributed by atoms with Gasteiger partial charge in [0.2, 0.25) is 0 Å². The topological polar surface area (TPSA) is 20.2 Å². The molecule has 1 N–H and O–H groups in total. The molecule has 1 atom stereocenters. The lowest BCUT2D eigenvalue weighted by molar-refractivity contribution is 0.264. The molecule has 1 unspecified atom stereocenters. The molecule has 0 aliphatic heterocycles. The first-order chi connectivity index (χ1) is 8.69. The molecule has 0 spiro atoms. The van der Waals surface area contributed by atoms with Crippen LogP contribution in [0.25, 0.3) is 0 Å². The fourth-order valence-corrected chi connectivity index (χ4v) is 2.22. The van der Waals surface area contributed by atoms with Crippen LogP contribution in [-0.4, -0.2) is 11.7 Å². The van der Waals surface area contributed by atoms with Crippen LogP contribution in [0.5, 0.6) is 0 Å². The molecule has 18 heavy (non-hydrogen) atoms. The van der Waals surface area contributed by atoms with E-state index in [9.17, 15) is 5.11 Å². The molecule has 0 aliphatic carbocycles. The smallest absolute Gasteiger partial charge is 0.0502 e. The second-order valence-electron chi connectivity index (χ2n) is 4.98. The van der Waals surface area contributed by atoms with Gasteiger partial charge in [-0.1, -0.05) is 59.7 Å². The number of hydrogen-bond acceptors (Lipinski definition) is 1. The summed E-state index contributed by atoms with van der Waals surface area (Å²) in [5, 5.41) is 9.59. The van der Waals surface area contributed by atoms with E-state index in [1.807, 2.05) is 0 Å². The highest BCUT2D eigenvalue weighted by Gasteiger charge is 2.11. The van der Waals surface area contributed by atoms with Gasteiger partial charge in [0.1, 0.15) is 0 Å². The van der Waals surface area contributed by atoms with Gasteiger partial charge in [-0.3, -0.25) is 0 Å². The van der Waals surface area contributed by atoms with Crippen molar-refractivity contribution in [3.8, 4) is 0 Å². The van der Waals surface area contributed by atoms with E-state index in [0.717, 1.165) is 6.42 Å². The quantitative estimate of drug-likeness (QED) is 0.865. The third-order valence-electron chi connectivity index (χ3n) is 3.34. The van der Waals surface area contributed by atoms with E-state index in [0.29, 0.717) is 0 Å². The molecule has 2 aromatic carbocycles. The average Bonchev–Trinajstić information content (AvgIpc) is 2.38. The number of aryl methyl sites for hydroxylation is 2. The van der Waals surface area contributed by atoms with Gasteiger partial charge in [-0.25, -0.2) is 0 Å². The van der Waals surface area contributed by atoms with E-state index in [1.165, 1.54) is 22.3 Å². The third-order valence-corrected chi connectivity index (χ3v) is 3.34. The number of benzene rings is 2. The molecule has 1 heteroatoms. The van der Waals surface area contributed by atoms with Crippen molar-refractivity contribution in [3.63, 3.8) is 0 Å². The summed E-state index contributed by atoms with van der Waals surface area (Å²) < 4.78 is 0. The van der Waals surface area contributed by atoms with Crippen LogP contribution in [0.2, 0.25) is 0 Å². The average molecular weight is 240 g/mol. The third kappa shape index (κ3) is 3.21. The Hall–Kier alpha value is -1.60. The summed E-state index contributed by atoms with van der Waals surface area (Å²) in [6, 6.07) is 16.9. The molecule has 0 amide bonds. The molecule has 94 valence electrons. The van der Waals surface area contributed by atoms with Crippen molar-refractivity contribution < 1.29 is 5.11 Å². The van der Waals surface area contributed by atoms with Gasteiger partial charge in [0, 0.05) is 5.92 Å². The zero-order chi connectivity index (χ0) is 13.0. The van der Waals surface area contributed by atoms with E-state index in [2.05, 4.69) is 62.4 Å². The molecule has 0 fully saturated rings. The van der Waals surface area contributed by atoms with Gasteiger partial charge >= 0.3 is 0 Å². The van der Waals surface area contributed by atoms with Crippen LogP contribution in [0.15, 0.2) is 48.5 Å². The zero-order valence-electron chi connectivity index (χ0n) is 11.1. The van der Waals surface area contributed by atoms with Crippen molar-refractivity contribution in [2.24, 2.45) is 0 Å².